The Hall–Kier alpha value is -0.780. The number of anilines is 1. The summed E-state index contributed by atoms with van der Waals surface area (Å²) in [6, 6.07) is 4.09. The normalized spacial score (nSPS) is 10.7. The molecule has 0 aliphatic carbocycles. The van der Waals surface area contributed by atoms with Crippen LogP contribution in [0.25, 0.3) is 11.0 Å². The third-order valence-electron chi connectivity index (χ3n) is 2.01. The summed E-state index contributed by atoms with van der Waals surface area (Å²) in [5.41, 5.74) is 2.08. The van der Waals surface area contributed by atoms with Crippen LogP contribution < -0.4 is 5.32 Å². The van der Waals surface area contributed by atoms with Crippen molar-refractivity contribution in [3.05, 3.63) is 21.3 Å². The Kier molecular flexibility index (Phi) is 2.15. The Morgan fingerprint density at radius 3 is 2.92 bits per heavy atom. The summed E-state index contributed by atoms with van der Waals surface area (Å²) in [5, 5.41) is 7.95. The molecule has 1 aromatic heterocycles. The highest BCUT2D eigenvalue weighted by Gasteiger charge is 2.10. The number of nitrogens with zero attached hydrogens (tertiary/aromatic N) is 1. The van der Waals surface area contributed by atoms with Crippen LogP contribution in [0.5, 0.6) is 0 Å². The molecule has 1 heterocycles. The first-order chi connectivity index (χ1) is 6.24. The Morgan fingerprint density at radius 2 is 2.23 bits per heavy atom. The zero-order valence-corrected chi connectivity index (χ0v) is 9.55. The minimum absolute atomic E-state index is 0.799. The molecule has 0 radical (unpaired) electrons. The van der Waals surface area contributed by atoms with Gasteiger partial charge in [0.1, 0.15) is 0 Å². The average Bonchev–Trinajstić information content (AvgIpc) is 2.55. The molecule has 0 aliphatic heterocycles. The summed E-state index contributed by atoms with van der Waals surface area (Å²) >= 11 is 2.27. The molecular formula is C9H9IN2O. The van der Waals surface area contributed by atoms with Crippen molar-refractivity contribution in [1.29, 1.82) is 0 Å². The standard InChI is InChI=1S/C9H9IN2O/c1-5-3-4-6-8(7(5)10)13-12-9(6)11-2/h3-4H,1-2H3,(H,11,12). The van der Waals surface area contributed by atoms with E-state index in [4.69, 9.17) is 4.52 Å². The van der Waals surface area contributed by atoms with Gasteiger partial charge in [0.2, 0.25) is 0 Å². The van der Waals surface area contributed by atoms with Crippen molar-refractivity contribution in [2.45, 2.75) is 6.92 Å². The van der Waals surface area contributed by atoms with Crippen LogP contribution >= 0.6 is 22.6 Å². The van der Waals surface area contributed by atoms with E-state index in [-0.39, 0.29) is 0 Å². The lowest BCUT2D eigenvalue weighted by Crippen LogP contribution is -1.87. The van der Waals surface area contributed by atoms with E-state index in [1.54, 1.807) is 0 Å². The zero-order valence-electron chi connectivity index (χ0n) is 7.39. The van der Waals surface area contributed by atoms with Crippen molar-refractivity contribution in [1.82, 2.24) is 5.16 Å². The Labute approximate surface area is 89.6 Å². The highest BCUT2D eigenvalue weighted by molar-refractivity contribution is 14.1. The molecule has 1 aromatic carbocycles. The van der Waals surface area contributed by atoms with E-state index < -0.39 is 0 Å². The summed E-state index contributed by atoms with van der Waals surface area (Å²) in [5.74, 6) is 0.799. The summed E-state index contributed by atoms with van der Waals surface area (Å²) in [6.07, 6.45) is 0. The molecule has 0 saturated heterocycles. The first kappa shape index (κ1) is 8.80. The van der Waals surface area contributed by atoms with Crippen molar-refractivity contribution < 1.29 is 4.52 Å². The molecule has 0 aliphatic rings. The predicted octanol–water partition coefficient (Wildman–Crippen LogP) is 2.78. The van der Waals surface area contributed by atoms with Crippen LogP contribution in [0, 0.1) is 10.5 Å². The fourth-order valence-electron chi connectivity index (χ4n) is 1.25. The molecule has 0 atom stereocenters. The van der Waals surface area contributed by atoms with Crippen LogP contribution in [-0.2, 0) is 0 Å². The van der Waals surface area contributed by atoms with Crippen molar-refractivity contribution in [3.8, 4) is 0 Å². The molecule has 0 bridgehead atoms. The van der Waals surface area contributed by atoms with Gasteiger partial charge in [0, 0.05) is 7.05 Å². The summed E-state index contributed by atoms with van der Waals surface area (Å²) in [6.45, 7) is 2.06. The number of fused-ring (bicyclic) bond motifs is 1. The second-order valence-electron chi connectivity index (χ2n) is 2.85. The first-order valence-electron chi connectivity index (χ1n) is 3.96. The van der Waals surface area contributed by atoms with Gasteiger partial charge >= 0.3 is 0 Å². The summed E-state index contributed by atoms with van der Waals surface area (Å²) < 4.78 is 6.36. The summed E-state index contributed by atoms with van der Waals surface area (Å²) in [4.78, 5) is 0. The van der Waals surface area contributed by atoms with Gasteiger partial charge in [0.25, 0.3) is 0 Å². The monoisotopic (exact) mass is 288 g/mol. The molecule has 4 heteroatoms. The lowest BCUT2D eigenvalue weighted by molar-refractivity contribution is 0.458. The number of aryl methyl sites for hydroxylation is 1. The van der Waals surface area contributed by atoms with Crippen molar-refractivity contribution in [2.24, 2.45) is 0 Å². The van der Waals surface area contributed by atoms with Crippen molar-refractivity contribution in [3.63, 3.8) is 0 Å². The number of nitrogens with one attached hydrogen (secondary N) is 1. The van der Waals surface area contributed by atoms with E-state index in [9.17, 15) is 0 Å². The molecule has 2 aromatic rings. The van der Waals surface area contributed by atoms with Gasteiger partial charge in [-0.05, 0) is 41.1 Å². The van der Waals surface area contributed by atoms with E-state index in [0.717, 1.165) is 20.4 Å². The Morgan fingerprint density at radius 1 is 1.46 bits per heavy atom. The second-order valence-corrected chi connectivity index (χ2v) is 3.93. The second kappa shape index (κ2) is 3.17. The van der Waals surface area contributed by atoms with Gasteiger partial charge in [-0.25, -0.2) is 0 Å². The fourth-order valence-corrected chi connectivity index (χ4v) is 1.82. The van der Waals surface area contributed by atoms with Gasteiger partial charge < -0.3 is 9.84 Å². The van der Waals surface area contributed by atoms with E-state index in [0.29, 0.717) is 0 Å². The van der Waals surface area contributed by atoms with Crippen LogP contribution in [0.3, 0.4) is 0 Å². The number of hydrogen-bond donors (Lipinski definition) is 1. The molecule has 2 rings (SSSR count). The van der Waals surface area contributed by atoms with Crippen LogP contribution in [0.4, 0.5) is 5.82 Å². The number of aromatic nitrogens is 1. The zero-order chi connectivity index (χ0) is 9.42. The SMILES string of the molecule is CNc1noc2c(I)c(C)ccc12. The van der Waals surface area contributed by atoms with Gasteiger partial charge in [-0.1, -0.05) is 11.2 Å². The average molecular weight is 288 g/mol. The molecule has 0 saturated carbocycles. The maximum absolute atomic E-state index is 5.23. The quantitative estimate of drug-likeness (QED) is 0.820. The topological polar surface area (TPSA) is 38.1 Å². The molecule has 13 heavy (non-hydrogen) atoms. The molecule has 0 spiro atoms. The van der Waals surface area contributed by atoms with E-state index in [1.165, 1.54) is 5.56 Å². The fraction of sp³-hybridized carbons (Fsp3) is 0.222. The number of hydrogen-bond acceptors (Lipinski definition) is 3. The van der Waals surface area contributed by atoms with Crippen molar-refractivity contribution >= 4 is 39.4 Å². The van der Waals surface area contributed by atoms with Gasteiger partial charge in [-0.15, -0.1) is 0 Å². The molecule has 1 N–H and O–H groups in total. The van der Waals surface area contributed by atoms with Crippen LogP contribution in [0.1, 0.15) is 5.56 Å². The number of rotatable bonds is 1. The Bertz CT molecular complexity index is 450. The highest BCUT2D eigenvalue weighted by atomic mass is 127. The smallest absolute Gasteiger partial charge is 0.182 e. The molecular weight excluding hydrogens is 279 g/mol. The predicted molar refractivity (Wildman–Crippen MR) is 61.0 cm³/mol. The largest absolute Gasteiger partial charge is 0.370 e. The van der Waals surface area contributed by atoms with Gasteiger partial charge in [0.05, 0.1) is 8.96 Å². The lowest BCUT2D eigenvalue weighted by Gasteiger charge is -1.97. The van der Waals surface area contributed by atoms with Crippen LogP contribution in [0.2, 0.25) is 0 Å². The third kappa shape index (κ3) is 1.29. The Balaban J connectivity index is 2.81. The van der Waals surface area contributed by atoms with Gasteiger partial charge in [-0.2, -0.15) is 0 Å². The maximum atomic E-state index is 5.23. The highest BCUT2D eigenvalue weighted by Crippen LogP contribution is 2.28. The first-order valence-corrected chi connectivity index (χ1v) is 5.04. The van der Waals surface area contributed by atoms with Gasteiger partial charge in [-0.3, -0.25) is 0 Å². The molecule has 3 nitrogen and oxygen atoms in total. The van der Waals surface area contributed by atoms with E-state index in [1.807, 2.05) is 13.1 Å². The molecule has 68 valence electrons. The van der Waals surface area contributed by atoms with E-state index >= 15 is 0 Å². The van der Waals surface area contributed by atoms with Crippen LogP contribution in [-0.4, -0.2) is 12.2 Å². The summed E-state index contributed by atoms with van der Waals surface area (Å²) in [7, 11) is 1.84. The minimum Gasteiger partial charge on any atom is -0.370 e. The lowest BCUT2D eigenvalue weighted by atomic mass is 10.2. The van der Waals surface area contributed by atoms with Gasteiger partial charge in [0.15, 0.2) is 11.4 Å². The van der Waals surface area contributed by atoms with Crippen molar-refractivity contribution in [2.75, 3.05) is 12.4 Å². The van der Waals surface area contributed by atoms with Crippen LogP contribution in [0.15, 0.2) is 16.7 Å². The molecule has 0 amide bonds. The van der Waals surface area contributed by atoms with E-state index in [2.05, 4.69) is 46.1 Å². The number of benzene rings is 1. The molecule has 0 unspecified atom stereocenters. The molecule has 0 fully saturated rings. The number of halogens is 1. The maximum Gasteiger partial charge on any atom is 0.182 e. The minimum atomic E-state index is 0.799. The third-order valence-corrected chi connectivity index (χ3v) is 3.35.